The van der Waals surface area contributed by atoms with E-state index in [0.29, 0.717) is 31.2 Å². The molecule has 1 fully saturated rings. The monoisotopic (exact) mass is 337 g/mol. The van der Waals surface area contributed by atoms with Gasteiger partial charge >= 0.3 is 0 Å². The zero-order valence-corrected chi connectivity index (χ0v) is 14.1. The van der Waals surface area contributed by atoms with Crippen LogP contribution in [-0.2, 0) is 17.1 Å². The van der Waals surface area contributed by atoms with E-state index >= 15 is 0 Å². The molecule has 0 amide bonds. The molecule has 1 saturated heterocycles. The fraction of sp³-hybridized carbons (Fsp3) is 0.500. The Labute approximate surface area is 135 Å². The number of imidazole rings is 1. The number of hydrogen-bond acceptors (Lipinski definition) is 6. The topological polar surface area (TPSA) is 90.2 Å². The van der Waals surface area contributed by atoms with E-state index in [1.165, 1.54) is 16.8 Å². The van der Waals surface area contributed by atoms with Crippen LogP contribution in [0.25, 0.3) is 0 Å². The summed E-state index contributed by atoms with van der Waals surface area (Å²) < 4.78 is 33.9. The molecule has 124 valence electrons. The van der Waals surface area contributed by atoms with E-state index in [2.05, 4.69) is 15.0 Å². The van der Waals surface area contributed by atoms with E-state index in [-0.39, 0.29) is 11.1 Å². The molecule has 0 N–H and O–H groups in total. The minimum atomic E-state index is -3.57. The van der Waals surface area contributed by atoms with Gasteiger partial charge in [-0.15, -0.1) is 0 Å². The van der Waals surface area contributed by atoms with Gasteiger partial charge in [0.05, 0.1) is 12.9 Å². The molecular formula is C14H19N5O3S. The van der Waals surface area contributed by atoms with Crippen LogP contribution >= 0.6 is 0 Å². The third-order valence-electron chi connectivity index (χ3n) is 3.62. The first-order valence-corrected chi connectivity index (χ1v) is 8.75. The molecule has 1 aliphatic heterocycles. The zero-order valence-electron chi connectivity index (χ0n) is 13.3. The van der Waals surface area contributed by atoms with Gasteiger partial charge in [0.15, 0.2) is 5.03 Å². The predicted molar refractivity (Wildman–Crippen MR) is 82.5 cm³/mol. The molecule has 0 aromatic carbocycles. The summed E-state index contributed by atoms with van der Waals surface area (Å²) in [7, 11) is -1.83. The van der Waals surface area contributed by atoms with Crippen LogP contribution in [0.2, 0.25) is 0 Å². The maximum atomic E-state index is 12.5. The number of sulfonamides is 1. The smallest absolute Gasteiger partial charge is 0.262 e. The van der Waals surface area contributed by atoms with Crippen molar-refractivity contribution in [2.45, 2.75) is 31.4 Å². The van der Waals surface area contributed by atoms with Gasteiger partial charge in [0.25, 0.3) is 10.0 Å². The van der Waals surface area contributed by atoms with Crippen molar-refractivity contribution in [2.24, 2.45) is 7.05 Å². The lowest BCUT2D eigenvalue weighted by molar-refractivity contribution is 0.206. The van der Waals surface area contributed by atoms with Crippen molar-refractivity contribution in [1.82, 2.24) is 23.8 Å². The summed E-state index contributed by atoms with van der Waals surface area (Å²) in [5.41, 5.74) is 0.823. The summed E-state index contributed by atoms with van der Waals surface area (Å²) in [6.45, 7) is 4.37. The van der Waals surface area contributed by atoms with Crippen molar-refractivity contribution in [1.29, 1.82) is 0 Å². The molecule has 1 aliphatic rings. The van der Waals surface area contributed by atoms with Gasteiger partial charge in [-0.05, 0) is 20.3 Å². The highest BCUT2D eigenvalue weighted by molar-refractivity contribution is 7.89. The number of rotatable bonds is 4. The van der Waals surface area contributed by atoms with E-state index < -0.39 is 10.0 Å². The van der Waals surface area contributed by atoms with Gasteiger partial charge in [-0.1, -0.05) is 0 Å². The quantitative estimate of drug-likeness (QED) is 0.814. The molecule has 2 aromatic heterocycles. The lowest BCUT2D eigenvalue weighted by Gasteiger charge is -2.16. The van der Waals surface area contributed by atoms with Crippen molar-refractivity contribution in [3.63, 3.8) is 0 Å². The average Bonchev–Trinajstić information content (AvgIpc) is 3.07. The highest BCUT2D eigenvalue weighted by Gasteiger charge is 2.35. The Hall–Kier alpha value is -2.00. The van der Waals surface area contributed by atoms with Crippen LogP contribution in [0.3, 0.4) is 0 Å². The van der Waals surface area contributed by atoms with Crippen molar-refractivity contribution < 1.29 is 13.2 Å². The number of hydrogen-bond donors (Lipinski definition) is 0. The fourth-order valence-electron chi connectivity index (χ4n) is 2.58. The van der Waals surface area contributed by atoms with Gasteiger partial charge < -0.3 is 9.30 Å². The van der Waals surface area contributed by atoms with Crippen molar-refractivity contribution in [3.8, 4) is 5.88 Å². The SMILES string of the molecule is Cc1cc(OC2CCN(S(=O)(=O)c3cn(C)cn3)C2)nc(C)n1. The Morgan fingerprint density at radius 3 is 2.74 bits per heavy atom. The highest BCUT2D eigenvalue weighted by Crippen LogP contribution is 2.22. The van der Waals surface area contributed by atoms with Crippen molar-refractivity contribution in [2.75, 3.05) is 13.1 Å². The van der Waals surface area contributed by atoms with Crippen LogP contribution in [0, 0.1) is 13.8 Å². The van der Waals surface area contributed by atoms with E-state index in [1.54, 1.807) is 24.6 Å². The molecule has 3 heterocycles. The standard InChI is InChI=1S/C14H19N5O3S/c1-10-6-13(17-11(2)16-10)22-12-4-5-19(7-12)23(20,21)14-8-18(3)9-15-14/h6,8-9,12H,4-5,7H2,1-3H3. The third kappa shape index (κ3) is 3.35. The second kappa shape index (κ2) is 5.89. The Morgan fingerprint density at radius 1 is 1.30 bits per heavy atom. The van der Waals surface area contributed by atoms with Crippen molar-refractivity contribution in [3.05, 3.63) is 30.1 Å². The van der Waals surface area contributed by atoms with Crippen LogP contribution < -0.4 is 4.74 Å². The molecule has 0 bridgehead atoms. The van der Waals surface area contributed by atoms with Crippen LogP contribution in [-0.4, -0.2) is 51.4 Å². The fourth-order valence-corrected chi connectivity index (χ4v) is 4.03. The van der Waals surface area contributed by atoms with E-state index in [0.717, 1.165) is 5.69 Å². The summed E-state index contributed by atoms with van der Waals surface area (Å²) in [6.07, 6.45) is 3.38. The van der Waals surface area contributed by atoms with Gasteiger partial charge in [0.2, 0.25) is 5.88 Å². The molecule has 2 aromatic rings. The lowest BCUT2D eigenvalue weighted by Crippen LogP contribution is -2.31. The molecule has 23 heavy (non-hydrogen) atoms. The van der Waals surface area contributed by atoms with Crippen LogP contribution in [0.15, 0.2) is 23.6 Å². The first-order valence-electron chi connectivity index (χ1n) is 7.31. The second-order valence-corrected chi connectivity index (χ2v) is 7.55. The Balaban J connectivity index is 1.71. The zero-order chi connectivity index (χ0) is 16.6. The number of nitrogens with zero attached hydrogens (tertiary/aromatic N) is 5. The molecule has 3 rings (SSSR count). The second-order valence-electron chi connectivity index (χ2n) is 5.66. The minimum absolute atomic E-state index is 0.0642. The van der Waals surface area contributed by atoms with Crippen LogP contribution in [0.4, 0.5) is 0 Å². The van der Waals surface area contributed by atoms with Gasteiger partial charge in [0, 0.05) is 31.5 Å². The maximum absolute atomic E-state index is 12.5. The number of ether oxygens (including phenoxy) is 1. The Kier molecular flexibility index (Phi) is 4.07. The van der Waals surface area contributed by atoms with Crippen LogP contribution in [0.1, 0.15) is 17.9 Å². The summed E-state index contributed by atoms with van der Waals surface area (Å²) >= 11 is 0. The summed E-state index contributed by atoms with van der Waals surface area (Å²) in [5.74, 6) is 1.12. The lowest BCUT2D eigenvalue weighted by atomic mass is 10.3. The molecular weight excluding hydrogens is 318 g/mol. The molecule has 0 aliphatic carbocycles. The predicted octanol–water partition coefficient (Wildman–Crippen LogP) is 0.669. The molecule has 1 atom stereocenters. The van der Waals surface area contributed by atoms with Crippen LogP contribution in [0.5, 0.6) is 5.88 Å². The molecule has 0 saturated carbocycles. The summed E-state index contributed by atoms with van der Waals surface area (Å²) in [6, 6.07) is 1.75. The first-order chi connectivity index (χ1) is 10.8. The number of aromatic nitrogens is 4. The highest BCUT2D eigenvalue weighted by atomic mass is 32.2. The maximum Gasteiger partial charge on any atom is 0.262 e. The molecule has 8 nitrogen and oxygen atoms in total. The molecule has 0 spiro atoms. The molecule has 9 heteroatoms. The molecule has 0 radical (unpaired) electrons. The average molecular weight is 337 g/mol. The minimum Gasteiger partial charge on any atom is -0.473 e. The van der Waals surface area contributed by atoms with Gasteiger partial charge in [0.1, 0.15) is 11.9 Å². The molecule has 1 unspecified atom stereocenters. The Morgan fingerprint density at radius 2 is 2.09 bits per heavy atom. The van der Waals surface area contributed by atoms with E-state index in [1.807, 2.05) is 6.92 Å². The summed E-state index contributed by atoms with van der Waals surface area (Å²) in [4.78, 5) is 12.4. The third-order valence-corrected chi connectivity index (χ3v) is 5.37. The van der Waals surface area contributed by atoms with Gasteiger partial charge in [-0.3, -0.25) is 0 Å². The van der Waals surface area contributed by atoms with E-state index in [4.69, 9.17) is 4.74 Å². The first kappa shape index (κ1) is 15.9. The van der Waals surface area contributed by atoms with Gasteiger partial charge in [-0.25, -0.2) is 18.4 Å². The van der Waals surface area contributed by atoms with E-state index in [9.17, 15) is 8.42 Å². The Bertz CT molecular complexity index is 797. The summed E-state index contributed by atoms with van der Waals surface area (Å²) in [5, 5.41) is 0.0642. The normalized spacial score (nSPS) is 19.2. The largest absolute Gasteiger partial charge is 0.473 e. The van der Waals surface area contributed by atoms with Gasteiger partial charge in [-0.2, -0.15) is 9.29 Å². The van der Waals surface area contributed by atoms with Crippen molar-refractivity contribution >= 4 is 10.0 Å². The number of aryl methyl sites for hydroxylation is 3.